The first kappa shape index (κ1) is 18.1. The number of halogens is 1. The fourth-order valence-electron chi connectivity index (χ4n) is 2.93. The predicted octanol–water partition coefficient (Wildman–Crippen LogP) is 2.65. The molecule has 0 fully saturated rings. The van der Waals surface area contributed by atoms with Crippen LogP contribution in [0, 0.1) is 6.92 Å². The van der Waals surface area contributed by atoms with Crippen LogP contribution in [0.1, 0.15) is 37.7 Å². The highest BCUT2D eigenvalue weighted by Crippen LogP contribution is 2.25. The number of allylic oxidation sites excluding steroid dienone is 2. The van der Waals surface area contributed by atoms with Gasteiger partial charge in [0.1, 0.15) is 22.1 Å². The summed E-state index contributed by atoms with van der Waals surface area (Å²) < 4.78 is 1.71. The molecule has 2 aromatic heterocycles. The van der Waals surface area contributed by atoms with Gasteiger partial charge in [0.25, 0.3) is 0 Å². The molecule has 0 amide bonds. The maximum absolute atomic E-state index is 12.6. The van der Waals surface area contributed by atoms with E-state index < -0.39 is 11.6 Å². The van der Waals surface area contributed by atoms with Gasteiger partial charge in [-0.15, -0.1) is 5.10 Å². The Morgan fingerprint density at radius 1 is 1.11 bits per heavy atom. The highest BCUT2D eigenvalue weighted by atomic mass is 35.5. The zero-order chi connectivity index (χ0) is 19.7. The van der Waals surface area contributed by atoms with Gasteiger partial charge in [-0.05, 0) is 24.6 Å². The SMILES string of the molecule is Cc1ccc(Cn2cc(CNC3=C(Cl)C(=O)c4cccnc4C3=O)nn2)cc1. The van der Waals surface area contributed by atoms with Crippen molar-refractivity contribution >= 4 is 23.2 Å². The van der Waals surface area contributed by atoms with E-state index in [0.29, 0.717) is 12.2 Å². The zero-order valence-electron chi connectivity index (χ0n) is 15.0. The summed E-state index contributed by atoms with van der Waals surface area (Å²) in [6, 6.07) is 11.3. The minimum Gasteiger partial charge on any atom is -0.375 e. The van der Waals surface area contributed by atoms with E-state index in [-0.39, 0.29) is 28.5 Å². The molecule has 0 atom stereocenters. The minimum absolute atomic E-state index is 0.0333. The van der Waals surface area contributed by atoms with E-state index in [1.54, 1.807) is 23.0 Å². The van der Waals surface area contributed by atoms with Crippen LogP contribution in [0.5, 0.6) is 0 Å². The fraction of sp³-hybridized carbons (Fsp3) is 0.150. The number of aromatic nitrogens is 4. The number of pyridine rings is 1. The highest BCUT2D eigenvalue weighted by molar-refractivity contribution is 6.49. The third-order valence-corrected chi connectivity index (χ3v) is 4.77. The molecule has 7 nitrogen and oxygen atoms in total. The molecule has 0 saturated heterocycles. The molecule has 4 rings (SSSR count). The molecule has 0 saturated carbocycles. The molecule has 0 bridgehead atoms. The first-order valence-electron chi connectivity index (χ1n) is 8.65. The monoisotopic (exact) mass is 393 g/mol. The lowest BCUT2D eigenvalue weighted by Crippen LogP contribution is -2.29. The summed E-state index contributed by atoms with van der Waals surface area (Å²) in [6.07, 6.45) is 3.25. The maximum Gasteiger partial charge on any atom is 0.229 e. The van der Waals surface area contributed by atoms with Crippen molar-refractivity contribution in [2.24, 2.45) is 0 Å². The van der Waals surface area contributed by atoms with Gasteiger partial charge in [0.05, 0.1) is 24.8 Å². The van der Waals surface area contributed by atoms with Crippen molar-refractivity contribution in [3.05, 3.63) is 87.6 Å². The van der Waals surface area contributed by atoms with Gasteiger partial charge >= 0.3 is 0 Å². The molecule has 0 unspecified atom stereocenters. The molecule has 28 heavy (non-hydrogen) atoms. The number of nitrogens with zero attached hydrogens (tertiary/aromatic N) is 4. The second-order valence-corrected chi connectivity index (χ2v) is 6.87. The van der Waals surface area contributed by atoms with Crippen molar-refractivity contribution in [3.63, 3.8) is 0 Å². The molecule has 1 aliphatic rings. The first-order chi connectivity index (χ1) is 13.5. The van der Waals surface area contributed by atoms with Crippen LogP contribution < -0.4 is 5.32 Å². The van der Waals surface area contributed by atoms with E-state index in [2.05, 4.69) is 20.6 Å². The molecular formula is C20H16ClN5O2. The summed E-state index contributed by atoms with van der Waals surface area (Å²) in [6.45, 7) is 2.83. The van der Waals surface area contributed by atoms with Gasteiger partial charge in [-0.1, -0.05) is 46.6 Å². The highest BCUT2D eigenvalue weighted by Gasteiger charge is 2.32. The number of hydrogen-bond acceptors (Lipinski definition) is 6. The Bertz CT molecular complexity index is 1100. The zero-order valence-corrected chi connectivity index (χ0v) is 15.8. The standard InChI is InChI=1S/C20H16ClN5O2/c1-12-4-6-13(7-5-12)10-26-11-14(24-25-26)9-23-18-16(21)19(27)15-3-2-8-22-17(15)20(18)28/h2-8,11,23H,9-10H2,1H3. The smallest absolute Gasteiger partial charge is 0.229 e. The molecule has 8 heteroatoms. The molecule has 2 heterocycles. The van der Waals surface area contributed by atoms with Gasteiger partial charge in [-0.25, -0.2) is 4.68 Å². The quantitative estimate of drug-likeness (QED) is 0.716. The van der Waals surface area contributed by atoms with E-state index in [1.165, 1.54) is 11.8 Å². The number of Topliss-reactive ketones (excluding diaryl/α,β-unsaturated/α-hetero) is 2. The van der Waals surface area contributed by atoms with Crippen LogP contribution in [-0.4, -0.2) is 31.5 Å². The van der Waals surface area contributed by atoms with Gasteiger partial charge < -0.3 is 5.32 Å². The molecule has 0 aliphatic heterocycles. The van der Waals surface area contributed by atoms with Crippen LogP contribution in [0.25, 0.3) is 0 Å². The van der Waals surface area contributed by atoms with E-state index in [0.717, 1.165) is 5.56 Å². The fourth-order valence-corrected chi connectivity index (χ4v) is 3.19. The Kier molecular flexibility index (Phi) is 4.75. The van der Waals surface area contributed by atoms with E-state index >= 15 is 0 Å². The predicted molar refractivity (Wildman–Crippen MR) is 103 cm³/mol. The second-order valence-electron chi connectivity index (χ2n) is 6.49. The van der Waals surface area contributed by atoms with Gasteiger partial charge in [0.2, 0.25) is 11.6 Å². The minimum atomic E-state index is -0.421. The van der Waals surface area contributed by atoms with Crippen molar-refractivity contribution < 1.29 is 9.59 Å². The van der Waals surface area contributed by atoms with E-state index in [9.17, 15) is 9.59 Å². The third kappa shape index (κ3) is 3.44. The number of nitrogens with one attached hydrogen (secondary N) is 1. The average Bonchev–Trinajstić information content (AvgIpc) is 3.15. The molecule has 3 aromatic rings. The van der Waals surface area contributed by atoms with Crippen LogP contribution in [-0.2, 0) is 13.1 Å². The van der Waals surface area contributed by atoms with Crippen molar-refractivity contribution in [2.45, 2.75) is 20.0 Å². The first-order valence-corrected chi connectivity index (χ1v) is 9.03. The van der Waals surface area contributed by atoms with Gasteiger partial charge in [0, 0.05) is 6.20 Å². The van der Waals surface area contributed by atoms with Crippen molar-refractivity contribution in [3.8, 4) is 0 Å². The van der Waals surface area contributed by atoms with Gasteiger partial charge in [-0.2, -0.15) is 0 Å². The number of benzene rings is 1. The molecule has 0 radical (unpaired) electrons. The molecule has 1 aromatic carbocycles. The van der Waals surface area contributed by atoms with Crippen molar-refractivity contribution in [1.82, 2.24) is 25.3 Å². The lowest BCUT2D eigenvalue weighted by Gasteiger charge is -2.17. The number of fused-ring (bicyclic) bond motifs is 1. The Hall–Kier alpha value is -3.32. The summed E-state index contributed by atoms with van der Waals surface area (Å²) >= 11 is 6.12. The second kappa shape index (κ2) is 7.36. The summed E-state index contributed by atoms with van der Waals surface area (Å²) in [5, 5.41) is 11.0. The Labute approximate surface area is 166 Å². The average molecular weight is 394 g/mol. The largest absolute Gasteiger partial charge is 0.375 e. The molecule has 140 valence electrons. The number of hydrogen-bond donors (Lipinski definition) is 1. The Morgan fingerprint density at radius 2 is 1.89 bits per heavy atom. The molecule has 0 spiro atoms. The molecule has 1 aliphatic carbocycles. The Balaban J connectivity index is 1.47. The van der Waals surface area contributed by atoms with Crippen LogP contribution in [0.3, 0.4) is 0 Å². The summed E-state index contributed by atoms with van der Waals surface area (Å²) in [5.74, 6) is -0.831. The van der Waals surface area contributed by atoms with E-state index in [4.69, 9.17) is 11.6 Å². The van der Waals surface area contributed by atoms with Crippen LogP contribution >= 0.6 is 11.6 Å². The molecular weight excluding hydrogens is 378 g/mol. The van der Waals surface area contributed by atoms with Crippen LogP contribution in [0.15, 0.2) is 59.5 Å². The lowest BCUT2D eigenvalue weighted by atomic mass is 9.97. The maximum atomic E-state index is 12.6. The van der Waals surface area contributed by atoms with Crippen LogP contribution in [0.4, 0.5) is 0 Å². The van der Waals surface area contributed by atoms with Crippen molar-refractivity contribution in [1.29, 1.82) is 0 Å². The topological polar surface area (TPSA) is 89.8 Å². The van der Waals surface area contributed by atoms with Gasteiger partial charge in [-0.3, -0.25) is 14.6 Å². The van der Waals surface area contributed by atoms with Gasteiger partial charge in [0.15, 0.2) is 0 Å². The van der Waals surface area contributed by atoms with Crippen LogP contribution in [0.2, 0.25) is 0 Å². The summed E-state index contributed by atoms with van der Waals surface area (Å²) in [5.41, 5.74) is 3.27. The number of rotatable bonds is 5. The number of carbonyl (C=O) groups is 2. The molecule has 1 N–H and O–H groups in total. The third-order valence-electron chi connectivity index (χ3n) is 4.41. The Morgan fingerprint density at radius 3 is 2.68 bits per heavy atom. The summed E-state index contributed by atoms with van der Waals surface area (Å²) in [7, 11) is 0. The number of aryl methyl sites for hydroxylation is 1. The number of carbonyl (C=O) groups excluding carboxylic acids is 2. The normalized spacial score (nSPS) is 13.6. The van der Waals surface area contributed by atoms with Crippen molar-refractivity contribution in [2.75, 3.05) is 0 Å². The lowest BCUT2D eigenvalue weighted by molar-refractivity contribution is 0.0970. The number of ketones is 2. The van der Waals surface area contributed by atoms with E-state index in [1.807, 2.05) is 31.2 Å². The summed E-state index contributed by atoms with van der Waals surface area (Å²) in [4.78, 5) is 29.0.